The van der Waals surface area contributed by atoms with Gasteiger partial charge in [0.25, 0.3) is 5.91 Å². The Morgan fingerprint density at radius 1 is 1.45 bits per heavy atom. The second kappa shape index (κ2) is 5.25. The van der Waals surface area contributed by atoms with E-state index in [-0.39, 0.29) is 11.9 Å². The number of nitrogens with one attached hydrogen (secondary N) is 1. The molecule has 0 fully saturated rings. The van der Waals surface area contributed by atoms with Crippen LogP contribution in [-0.2, 0) is 6.42 Å². The number of hydrogen-bond donors (Lipinski definition) is 1. The highest BCUT2D eigenvalue weighted by molar-refractivity contribution is 7.10. The van der Waals surface area contributed by atoms with Crippen molar-refractivity contribution in [3.8, 4) is 0 Å². The third kappa shape index (κ3) is 1.96. The number of benzene rings is 1. The Balaban J connectivity index is 1.75. The molecule has 0 saturated heterocycles. The Morgan fingerprint density at radius 2 is 2.36 bits per heavy atom. The molecule has 0 spiro atoms. The molecule has 0 aliphatic carbocycles. The third-order valence-electron chi connectivity index (χ3n) is 4.46. The monoisotopic (exact) mass is 311 g/mol. The van der Waals surface area contributed by atoms with E-state index in [1.165, 1.54) is 10.4 Å². The van der Waals surface area contributed by atoms with Gasteiger partial charge >= 0.3 is 0 Å². The van der Waals surface area contributed by atoms with Crippen LogP contribution in [-0.4, -0.2) is 27.5 Å². The molecule has 1 aliphatic rings. The van der Waals surface area contributed by atoms with E-state index in [0.29, 0.717) is 0 Å². The van der Waals surface area contributed by atoms with Crippen molar-refractivity contribution in [2.75, 3.05) is 6.54 Å². The Hall–Kier alpha value is -2.14. The van der Waals surface area contributed by atoms with Gasteiger partial charge in [0, 0.05) is 16.8 Å². The molecule has 1 aromatic carbocycles. The summed E-state index contributed by atoms with van der Waals surface area (Å²) < 4.78 is 0. The molecule has 22 heavy (non-hydrogen) atoms. The normalized spacial score (nSPS) is 17.7. The number of aromatic nitrogens is 2. The van der Waals surface area contributed by atoms with Crippen LogP contribution in [0.5, 0.6) is 0 Å². The van der Waals surface area contributed by atoms with Crippen molar-refractivity contribution in [1.82, 2.24) is 15.1 Å². The molecule has 2 aromatic heterocycles. The summed E-state index contributed by atoms with van der Waals surface area (Å²) in [5, 5.41) is 10.0. The van der Waals surface area contributed by atoms with E-state index in [2.05, 4.69) is 28.6 Å². The molecule has 4 rings (SSSR count). The minimum absolute atomic E-state index is 0.107. The van der Waals surface area contributed by atoms with Gasteiger partial charge in [-0.05, 0) is 42.0 Å². The lowest BCUT2D eigenvalue weighted by Gasteiger charge is -2.35. The molecule has 1 aliphatic heterocycles. The number of aromatic amines is 1. The van der Waals surface area contributed by atoms with Gasteiger partial charge in [-0.25, -0.2) is 0 Å². The van der Waals surface area contributed by atoms with Crippen LogP contribution in [0.3, 0.4) is 0 Å². The van der Waals surface area contributed by atoms with E-state index in [1.54, 1.807) is 17.5 Å². The Bertz CT molecular complexity index is 835. The van der Waals surface area contributed by atoms with Gasteiger partial charge in [0.15, 0.2) is 0 Å². The number of fused-ring (bicyclic) bond motifs is 2. The van der Waals surface area contributed by atoms with E-state index in [1.807, 2.05) is 23.1 Å². The molecule has 1 N–H and O–H groups in total. The van der Waals surface area contributed by atoms with Gasteiger partial charge in [-0.2, -0.15) is 5.10 Å². The van der Waals surface area contributed by atoms with Crippen LogP contribution in [0.4, 0.5) is 0 Å². The zero-order chi connectivity index (χ0) is 15.1. The van der Waals surface area contributed by atoms with E-state index in [4.69, 9.17) is 0 Å². The molecule has 1 amide bonds. The first-order valence-electron chi connectivity index (χ1n) is 7.59. The summed E-state index contributed by atoms with van der Waals surface area (Å²) in [4.78, 5) is 16.6. The minimum Gasteiger partial charge on any atom is -0.331 e. The molecule has 3 heterocycles. The summed E-state index contributed by atoms with van der Waals surface area (Å²) in [6.45, 7) is 2.94. The van der Waals surface area contributed by atoms with Crippen molar-refractivity contribution in [2.24, 2.45) is 0 Å². The largest absolute Gasteiger partial charge is 0.331 e. The van der Waals surface area contributed by atoms with Crippen LogP contribution < -0.4 is 0 Å². The lowest BCUT2D eigenvalue weighted by atomic mass is 9.96. The standard InChI is InChI=1S/C17H17N3OS/c1-2-15-12-7-9-22-16(12)6-8-20(15)17(21)11-4-3-5-14-13(11)10-18-19-14/h3-5,7,9-10,15H,2,6,8H2,1H3,(H,18,19)/t15-/m0/s1. The van der Waals surface area contributed by atoms with Crippen molar-refractivity contribution in [2.45, 2.75) is 25.8 Å². The fourth-order valence-corrected chi connectivity index (χ4v) is 4.32. The van der Waals surface area contributed by atoms with Gasteiger partial charge in [-0.15, -0.1) is 11.3 Å². The molecule has 3 aromatic rings. The summed E-state index contributed by atoms with van der Waals surface area (Å²) in [6.07, 6.45) is 3.64. The predicted octanol–water partition coefficient (Wildman–Crippen LogP) is 3.77. The van der Waals surface area contributed by atoms with Gasteiger partial charge in [0.05, 0.1) is 23.3 Å². The summed E-state index contributed by atoms with van der Waals surface area (Å²) >= 11 is 1.81. The molecule has 4 nitrogen and oxygen atoms in total. The third-order valence-corrected chi connectivity index (χ3v) is 5.45. The predicted molar refractivity (Wildman–Crippen MR) is 88.2 cm³/mol. The first kappa shape index (κ1) is 13.5. The number of carbonyl (C=O) groups is 1. The van der Waals surface area contributed by atoms with Crippen LogP contribution >= 0.6 is 11.3 Å². The lowest BCUT2D eigenvalue weighted by molar-refractivity contribution is 0.0659. The zero-order valence-corrected chi connectivity index (χ0v) is 13.2. The van der Waals surface area contributed by atoms with Gasteiger partial charge in [-0.3, -0.25) is 9.89 Å². The van der Waals surface area contributed by atoms with Crippen molar-refractivity contribution in [1.29, 1.82) is 0 Å². The Labute approximate surface area is 132 Å². The maximum atomic E-state index is 13.1. The van der Waals surface area contributed by atoms with Crippen LogP contribution in [0.15, 0.2) is 35.8 Å². The summed E-state index contributed by atoms with van der Waals surface area (Å²) in [7, 11) is 0. The number of carbonyl (C=O) groups excluding carboxylic acids is 1. The average molecular weight is 311 g/mol. The highest BCUT2D eigenvalue weighted by Crippen LogP contribution is 2.36. The molecular weight excluding hydrogens is 294 g/mol. The average Bonchev–Trinajstić information content (AvgIpc) is 3.21. The van der Waals surface area contributed by atoms with Gasteiger partial charge < -0.3 is 4.90 Å². The number of thiophene rings is 1. The molecule has 1 atom stereocenters. The van der Waals surface area contributed by atoms with E-state index in [0.717, 1.165) is 35.9 Å². The second-order valence-corrected chi connectivity index (χ2v) is 6.61. The summed E-state index contributed by atoms with van der Waals surface area (Å²) in [5.74, 6) is 0.107. The molecule has 0 radical (unpaired) electrons. The highest BCUT2D eigenvalue weighted by atomic mass is 32.1. The van der Waals surface area contributed by atoms with Crippen molar-refractivity contribution < 1.29 is 4.79 Å². The maximum Gasteiger partial charge on any atom is 0.255 e. The van der Waals surface area contributed by atoms with Crippen LogP contribution in [0, 0.1) is 0 Å². The first-order valence-corrected chi connectivity index (χ1v) is 8.47. The Morgan fingerprint density at radius 3 is 3.23 bits per heavy atom. The van der Waals surface area contributed by atoms with Crippen molar-refractivity contribution in [3.05, 3.63) is 51.8 Å². The van der Waals surface area contributed by atoms with Gasteiger partial charge in [0.2, 0.25) is 0 Å². The number of H-pyrrole nitrogens is 1. The van der Waals surface area contributed by atoms with E-state index >= 15 is 0 Å². The smallest absolute Gasteiger partial charge is 0.255 e. The van der Waals surface area contributed by atoms with Gasteiger partial charge in [-0.1, -0.05) is 13.0 Å². The fourth-order valence-electron chi connectivity index (χ4n) is 3.39. The van der Waals surface area contributed by atoms with Crippen LogP contribution in [0.2, 0.25) is 0 Å². The fraction of sp³-hybridized carbons (Fsp3) is 0.294. The van der Waals surface area contributed by atoms with Crippen molar-refractivity contribution in [3.63, 3.8) is 0 Å². The summed E-state index contributed by atoms with van der Waals surface area (Å²) in [5.41, 5.74) is 2.97. The summed E-state index contributed by atoms with van der Waals surface area (Å²) in [6, 6.07) is 8.12. The molecule has 0 unspecified atom stereocenters. The maximum absolute atomic E-state index is 13.1. The lowest BCUT2D eigenvalue weighted by Crippen LogP contribution is -2.39. The molecule has 0 bridgehead atoms. The number of amides is 1. The van der Waals surface area contributed by atoms with Crippen LogP contribution in [0.25, 0.3) is 10.9 Å². The molecule has 112 valence electrons. The van der Waals surface area contributed by atoms with Crippen LogP contribution in [0.1, 0.15) is 40.2 Å². The van der Waals surface area contributed by atoms with E-state index < -0.39 is 0 Å². The second-order valence-electron chi connectivity index (χ2n) is 5.61. The topological polar surface area (TPSA) is 49.0 Å². The number of rotatable bonds is 2. The molecule has 5 heteroatoms. The minimum atomic E-state index is 0.107. The number of hydrogen-bond acceptors (Lipinski definition) is 3. The number of nitrogens with zero attached hydrogens (tertiary/aromatic N) is 2. The molecule has 0 saturated carbocycles. The van der Waals surface area contributed by atoms with Crippen molar-refractivity contribution >= 4 is 28.1 Å². The Kier molecular flexibility index (Phi) is 3.22. The van der Waals surface area contributed by atoms with E-state index in [9.17, 15) is 4.79 Å². The highest BCUT2D eigenvalue weighted by Gasteiger charge is 2.31. The quantitative estimate of drug-likeness (QED) is 0.783. The SMILES string of the molecule is CC[C@H]1c2ccsc2CCN1C(=O)c1cccc2[nH]ncc12. The first-order chi connectivity index (χ1) is 10.8. The van der Waals surface area contributed by atoms with Gasteiger partial charge in [0.1, 0.15) is 0 Å². The molecular formula is C17H17N3OS. The zero-order valence-electron chi connectivity index (χ0n) is 12.4.